The SMILES string of the molecule is O=C(O)C(=O)Nc1ccc(C#Cc2ccccc2)cc1. The quantitative estimate of drug-likeness (QED) is 0.613. The van der Waals surface area contributed by atoms with Crippen LogP contribution in [0.15, 0.2) is 54.6 Å². The molecule has 0 saturated carbocycles. The third-order valence-electron chi connectivity index (χ3n) is 2.46. The van der Waals surface area contributed by atoms with Gasteiger partial charge >= 0.3 is 11.9 Å². The highest BCUT2D eigenvalue weighted by molar-refractivity contribution is 6.36. The number of hydrogen-bond acceptors (Lipinski definition) is 2. The van der Waals surface area contributed by atoms with E-state index in [2.05, 4.69) is 17.2 Å². The highest BCUT2D eigenvalue weighted by Gasteiger charge is 2.10. The molecule has 4 nitrogen and oxygen atoms in total. The molecule has 2 rings (SSSR count). The van der Waals surface area contributed by atoms with Crippen LogP contribution in [0.4, 0.5) is 5.69 Å². The Morgan fingerprint density at radius 1 is 0.850 bits per heavy atom. The zero-order valence-electron chi connectivity index (χ0n) is 10.5. The Morgan fingerprint density at radius 3 is 1.95 bits per heavy atom. The number of carbonyl (C=O) groups is 2. The summed E-state index contributed by atoms with van der Waals surface area (Å²) in [5.74, 6) is 3.42. The van der Waals surface area contributed by atoms with Gasteiger partial charge in [-0.25, -0.2) is 4.79 Å². The molecule has 0 bridgehead atoms. The van der Waals surface area contributed by atoms with E-state index in [0.717, 1.165) is 11.1 Å². The Balaban J connectivity index is 2.08. The van der Waals surface area contributed by atoms with Crippen LogP contribution < -0.4 is 5.32 Å². The molecule has 0 fully saturated rings. The van der Waals surface area contributed by atoms with Gasteiger partial charge in [0, 0.05) is 16.8 Å². The van der Waals surface area contributed by atoms with E-state index in [1.165, 1.54) is 0 Å². The predicted molar refractivity (Wildman–Crippen MR) is 75.1 cm³/mol. The minimum absolute atomic E-state index is 0.419. The maximum atomic E-state index is 11.0. The molecular weight excluding hydrogens is 254 g/mol. The van der Waals surface area contributed by atoms with E-state index in [0.29, 0.717) is 5.69 Å². The van der Waals surface area contributed by atoms with Crippen molar-refractivity contribution in [1.82, 2.24) is 0 Å². The molecule has 4 heteroatoms. The number of benzene rings is 2. The van der Waals surface area contributed by atoms with Crippen molar-refractivity contribution in [2.24, 2.45) is 0 Å². The minimum atomic E-state index is -1.52. The van der Waals surface area contributed by atoms with E-state index < -0.39 is 11.9 Å². The summed E-state index contributed by atoms with van der Waals surface area (Å²) >= 11 is 0. The molecule has 0 spiro atoms. The smallest absolute Gasteiger partial charge is 0.394 e. The molecule has 2 aromatic carbocycles. The van der Waals surface area contributed by atoms with Gasteiger partial charge in [0.2, 0.25) is 0 Å². The lowest BCUT2D eigenvalue weighted by Gasteiger charge is -2.01. The van der Waals surface area contributed by atoms with Gasteiger partial charge in [0.1, 0.15) is 0 Å². The summed E-state index contributed by atoms with van der Waals surface area (Å²) in [4.78, 5) is 21.4. The molecule has 0 aliphatic carbocycles. The van der Waals surface area contributed by atoms with Gasteiger partial charge in [-0.2, -0.15) is 0 Å². The topological polar surface area (TPSA) is 66.4 Å². The molecule has 0 aromatic heterocycles. The molecule has 0 aliphatic rings. The van der Waals surface area contributed by atoms with E-state index in [-0.39, 0.29) is 0 Å². The van der Waals surface area contributed by atoms with Gasteiger partial charge in [0.05, 0.1) is 0 Å². The van der Waals surface area contributed by atoms with E-state index in [1.54, 1.807) is 24.3 Å². The van der Waals surface area contributed by atoms with Crippen LogP contribution in [0, 0.1) is 11.8 Å². The minimum Gasteiger partial charge on any atom is -0.474 e. The highest BCUT2D eigenvalue weighted by Crippen LogP contribution is 2.09. The Kier molecular flexibility index (Phi) is 4.15. The lowest BCUT2D eigenvalue weighted by molar-refractivity contribution is -0.147. The summed E-state index contributed by atoms with van der Waals surface area (Å²) in [6.45, 7) is 0. The number of carboxylic acids is 1. The summed E-state index contributed by atoms with van der Waals surface area (Å²) in [6, 6.07) is 16.2. The number of amides is 1. The monoisotopic (exact) mass is 265 g/mol. The van der Waals surface area contributed by atoms with Gasteiger partial charge < -0.3 is 10.4 Å². The standard InChI is InChI=1S/C16H11NO3/c18-15(16(19)20)17-14-10-8-13(9-11-14)7-6-12-4-2-1-3-5-12/h1-5,8-11H,(H,17,18)(H,19,20). The summed E-state index contributed by atoms with van der Waals surface area (Å²) in [7, 11) is 0. The first kappa shape index (κ1) is 13.4. The van der Waals surface area contributed by atoms with Crippen molar-refractivity contribution >= 4 is 17.6 Å². The summed E-state index contributed by atoms with van der Waals surface area (Å²) < 4.78 is 0. The zero-order valence-corrected chi connectivity index (χ0v) is 10.5. The van der Waals surface area contributed by atoms with E-state index >= 15 is 0 Å². The van der Waals surface area contributed by atoms with Crippen molar-refractivity contribution in [2.75, 3.05) is 5.32 Å². The first-order valence-electron chi connectivity index (χ1n) is 5.86. The number of carbonyl (C=O) groups excluding carboxylic acids is 1. The molecule has 0 unspecified atom stereocenters. The Bertz CT molecular complexity index is 679. The maximum absolute atomic E-state index is 11.0. The van der Waals surface area contributed by atoms with Crippen LogP contribution >= 0.6 is 0 Å². The summed E-state index contributed by atoms with van der Waals surface area (Å²) in [5.41, 5.74) is 2.11. The van der Waals surface area contributed by atoms with Crippen LogP contribution in [0.5, 0.6) is 0 Å². The second-order valence-electron chi connectivity index (χ2n) is 3.95. The molecule has 2 aromatic rings. The number of carboxylic acid groups (broad SMARTS) is 1. The second kappa shape index (κ2) is 6.21. The summed E-state index contributed by atoms with van der Waals surface area (Å²) in [5, 5.41) is 10.7. The number of anilines is 1. The molecule has 2 N–H and O–H groups in total. The lowest BCUT2D eigenvalue weighted by atomic mass is 10.1. The second-order valence-corrected chi connectivity index (χ2v) is 3.95. The van der Waals surface area contributed by atoms with Gasteiger partial charge in [-0.3, -0.25) is 4.79 Å². The number of aliphatic carboxylic acids is 1. The fourth-order valence-corrected chi connectivity index (χ4v) is 1.49. The van der Waals surface area contributed by atoms with Crippen LogP contribution in [-0.4, -0.2) is 17.0 Å². The first-order valence-corrected chi connectivity index (χ1v) is 5.86. The van der Waals surface area contributed by atoms with Crippen LogP contribution in [-0.2, 0) is 9.59 Å². The third-order valence-corrected chi connectivity index (χ3v) is 2.46. The van der Waals surface area contributed by atoms with Gasteiger partial charge in [-0.15, -0.1) is 0 Å². The number of nitrogens with one attached hydrogen (secondary N) is 1. The highest BCUT2D eigenvalue weighted by atomic mass is 16.4. The molecule has 98 valence electrons. The van der Waals surface area contributed by atoms with E-state index in [1.807, 2.05) is 30.3 Å². The average molecular weight is 265 g/mol. The van der Waals surface area contributed by atoms with Gasteiger partial charge in [-0.1, -0.05) is 30.0 Å². The van der Waals surface area contributed by atoms with Gasteiger partial charge in [-0.05, 0) is 36.4 Å². The van der Waals surface area contributed by atoms with Crippen molar-refractivity contribution < 1.29 is 14.7 Å². The largest absolute Gasteiger partial charge is 0.474 e. The number of rotatable bonds is 1. The van der Waals surface area contributed by atoms with Crippen LogP contribution in [0.2, 0.25) is 0 Å². The molecule has 0 heterocycles. The van der Waals surface area contributed by atoms with E-state index in [9.17, 15) is 9.59 Å². The number of hydrogen-bond donors (Lipinski definition) is 2. The van der Waals surface area contributed by atoms with Crippen molar-refractivity contribution in [3.63, 3.8) is 0 Å². The van der Waals surface area contributed by atoms with Crippen molar-refractivity contribution in [3.05, 3.63) is 65.7 Å². The molecule has 0 radical (unpaired) electrons. The van der Waals surface area contributed by atoms with E-state index in [4.69, 9.17) is 5.11 Å². The third kappa shape index (κ3) is 3.72. The predicted octanol–water partition coefficient (Wildman–Crippen LogP) is 2.11. The molecular formula is C16H11NO3. The molecule has 0 saturated heterocycles. The maximum Gasteiger partial charge on any atom is 0.394 e. The fraction of sp³-hybridized carbons (Fsp3) is 0. The van der Waals surface area contributed by atoms with Crippen molar-refractivity contribution in [3.8, 4) is 11.8 Å². The average Bonchev–Trinajstić information content (AvgIpc) is 2.47. The van der Waals surface area contributed by atoms with Crippen LogP contribution in [0.25, 0.3) is 0 Å². The van der Waals surface area contributed by atoms with Crippen molar-refractivity contribution in [1.29, 1.82) is 0 Å². The molecule has 0 atom stereocenters. The van der Waals surface area contributed by atoms with Gasteiger partial charge in [0.25, 0.3) is 0 Å². The van der Waals surface area contributed by atoms with Crippen LogP contribution in [0.3, 0.4) is 0 Å². The normalized spacial score (nSPS) is 9.20. The molecule has 1 amide bonds. The zero-order chi connectivity index (χ0) is 14.4. The van der Waals surface area contributed by atoms with Crippen LogP contribution in [0.1, 0.15) is 11.1 Å². The summed E-state index contributed by atoms with van der Waals surface area (Å²) in [6.07, 6.45) is 0. The lowest BCUT2D eigenvalue weighted by Crippen LogP contribution is -2.21. The van der Waals surface area contributed by atoms with Crippen molar-refractivity contribution in [2.45, 2.75) is 0 Å². The Morgan fingerprint density at radius 2 is 1.40 bits per heavy atom. The molecule has 20 heavy (non-hydrogen) atoms. The van der Waals surface area contributed by atoms with Gasteiger partial charge in [0.15, 0.2) is 0 Å². The fourth-order valence-electron chi connectivity index (χ4n) is 1.49. The Labute approximate surface area is 116 Å². The Hall–Kier alpha value is -3.06. The first-order chi connectivity index (χ1) is 9.65. The molecule has 0 aliphatic heterocycles.